The van der Waals surface area contributed by atoms with E-state index in [2.05, 4.69) is 19.2 Å². The third-order valence-electron chi connectivity index (χ3n) is 4.21. The topological polar surface area (TPSA) is 55.1 Å². The molecule has 0 aliphatic heterocycles. The third kappa shape index (κ3) is 3.72. The molecule has 104 valence electrons. The van der Waals surface area contributed by atoms with E-state index in [1.165, 1.54) is 19.3 Å². The van der Waals surface area contributed by atoms with Gasteiger partial charge in [-0.2, -0.15) is 0 Å². The number of hydrogen-bond donors (Lipinski definition) is 2. The third-order valence-corrected chi connectivity index (χ3v) is 4.21. The van der Waals surface area contributed by atoms with Crippen LogP contribution in [0.3, 0.4) is 0 Å². The number of benzene rings is 1. The molecule has 19 heavy (non-hydrogen) atoms. The number of carbonyl (C=O) groups excluding carboxylic acids is 1. The maximum atomic E-state index is 10.9. The van der Waals surface area contributed by atoms with Gasteiger partial charge in [0.05, 0.1) is 6.42 Å². The summed E-state index contributed by atoms with van der Waals surface area (Å²) in [4.78, 5) is 10.9. The molecule has 3 nitrogen and oxygen atoms in total. The number of nitrogens with one attached hydrogen (secondary N) is 1. The van der Waals surface area contributed by atoms with Crippen LogP contribution in [0.25, 0.3) is 0 Å². The molecule has 1 aromatic carbocycles. The van der Waals surface area contributed by atoms with Crippen LogP contribution in [-0.2, 0) is 11.2 Å². The van der Waals surface area contributed by atoms with Crippen molar-refractivity contribution in [3.8, 4) is 0 Å². The average Bonchev–Trinajstić information content (AvgIpc) is 2.35. The predicted molar refractivity (Wildman–Crippen MR) is 78.9 cm³/mol. The van der Waals surface area contributed by atoms with Gasteiger partial charge >= 0.3 is 0 Å². The van der Waals surface area contributed by atoms with Gasteiger partial charge in [0.15, 0.2) is 0 Å². The van der Waals surface area contributed by atoms with Crippen LogP contribution in [0.2, 0.25) is 0 Å². The molecule has 1 fully saturated rings. The van der Waals surface area contributed by atoms with Crippen molar-refractivity contribution < 1.29 is 4.79 Å². The van der Waals surface area contributed by atoms with Gasteiger partial charge in [-0.25, -0.2) is 0 Å². The fraction of sp³-hybridized carbons (Fsp3) is 0.562. The van der Waals surface area contributed by atoms with Crippen LogP contribution in [0.5, 0.6) is 0 Å². The van der Waals surface area contributed by atoms with Crippen LogP contribution >= 0.6 is 0 Å². The number of nitrogens with two attached hydrogens (primary N) is 1. The number of rotatable bonds is 4. The van der Waals surface area contributed by atoms with Gasteiger partial charge in [0, 0.05) is 11.7 Å². The zero-order valence-electron chi connectivity index (χ0n) is 11.9. The molecule has 3 heteroatoms. The monoisotopic (exact) mass is 260 g/mol. The summed E-state index contributed by atoms with van der Waals surface area (Å²) in [5.41, 5.74) is 7.31. The van der Waals surface area contributed by atoms with E-state index in [1.807, 2.05) is 24.3 Å². The van der Waals surface area contributed by atoms with Crippen molar-refractivity contribution >= 4 is 11.6 Å². The number of amides is 1. The van der Waals surface area contributed by atoms with Gasteiger partial charge in [0.1, 0.15) is 0 Å². The summed E-state index contributed by atoms with van der Waals surface area (Å²) in [6.07, 6.45) is 4.28. The first-order valence-electron chi connectivity index (χ1n) is 7.20. The SMILES string of the molecule is CC1CCCC(C)C1Nc1ccc(CC(N)=O)cc1. The summed E-state index contributed by atoms with van der Waals surface area (Å²) in [7, 11) is 0. The molecule has 0 heterocycles. The molecule has 1 aromatic rings. The summed E-state index contributed by atoms with van der Waals surface area (Å²) in [6.45, 7) is 4.66. The van der Waals surface area contributed by atoms with Crippen molar-refractivity contribution in [2.45, 2.75) is 45.6 Å². The van der Waals surface area contributed by atoms with Crippen molar-refractivity contribution in [1.82, 2.24) is 0 Å². The Bertz CT molecular complexity index is 417. The van der Waals surface area contributed by atoms with E-state index in [9.17, 15) is 4.79 Å². The van der Waals surface area contributed by atoms with Crippen LogP contribution < -0.4 is 11.1 Å². The van der Waals surface area contributed by atoms with Gasteiger partial charge in [-0.1, -0.05) is 32.4 Å². The molecule has 1 saturated carbocycles. The summed E-state index contributed by atoms with van der Waals surface area (Å²) in [6, 6.07) is 8.60. The van der Waals surface area contributed by atoms with Gasteiger partial charge in [-0.15, -0.1) is 0 Å². The van der Waals surface area contributed by atoms with E-state index >= 15 is 0 Å². The molecule has 0 spiro atoms. The van der Waals surface area contributed by atoms with Crippen LogP contribution in [0.15, 0.2) is 24.3 Å². The highest BCUT2D eigenvalue weighted by Gasteiger charge is 2.27. The van der Waals surface area contributed by atoms with Gasteiger partial charge in [-0.3, -0.25) is 4.79 Å². The van der Waals surface area contributed by atoms with E-state index in [0.29, 0.717) is 24.3 Å². The van der Waals surface area contributed by atoms with Crippen molar-refractivity contribution in [1.29, 1.82) is 0 Å². The maximum absolute atomic E-state index is 10.9. The second-order valence-electron chi connectivity index (χ2n) is 5.90. The molecule has 1 aliphatic rings. The van der Waals surface area contributed by atoms with E-state index in [4.69, 9.17) is 5.73 Å². The van der Waals surface area contributed by atoms with Crippen molar-refractivity contribution in [2.24, 2.45) is 17.6 Å². The minimum atomic E-state index is -0.282. The standard InChI is InChI=1S/C16H24N2O/c1-11-4-3-5-12(2)16(11)18-14-8-6-13(7-9-14)10-15(17)19/h6-9,11-12,16,18H,3-5,10H2,1-2H3,(H2,17,19). The molecule has 3 N–H and O–H groups in total. The molecule has 1 amide bonds. The van der Waals surface area contributed by atoms with Gasteiger partial charge < -0.3 is 11.1 Å². The second-order valence-corrected chi connectivity index (χ2v) is 5.90. The summed E-state index contributed by atoms with van der Waals surface area (Å²) in [5, 5.41) is 3.64. The smallest absolute Gasteiger partial charge is 0.221 e. The molecular formula is C16H24N2O. The number of anilines is 1. The average molecular weight is 260 g/mol. The first-order valence-corrected chi connectivity index (χ1v) is 7.20. The quantitative estimate of drug-likeness (QED) is 0.874. The molecule has 2 rings (SSSR count). The molecule has 0 bridgehead atoms. The fourth-order valence-corrected chi connectivity index (χ4v) is 3.08. The Kier molecular flexibility index (Phi) is 4.46. The highest BCUT2D eigenvalue weighted by molar-refractivity contribution is 5.76. The Morgan fingerprint density at radius 3 is 2.32 bits per heavy atom. The summed E-state index contributed by atoms with van der Waals surface area (Å²) in [5.74, 6) is 1.15. The Morgan fingerprint density at radius 2 is 1.79 bits per heavy atom. The predicted octanol–water partition coefficient (Wildman–Crippen LogP) is 2.95. The van der Waals surface area contributed by atoms with Crippen LogP contribution in [-0.4, -0.2) is 11.9 Å². The second kappa shape index (κ2) is 6.09. The normalized spacial score (nSPS) is 26.9. The summed E-state index contributed by atoms with van der Waals surface area (Å²) < 4.78 is 0. The zero-order valence-corrected chi connectivity index (χ0v) is 11.9. The lowest BCUT2D eigenvalue weighted by atomic mass is 9.78. The molecular weight excluding hydrogens is 236 g/mol. The van der Waals surface area contributed by atoms with E-state index < -0.39 is 0 Å². The van der Waals surface area contributed by atoms with E-state index in [0.717, 1.165) is 11.3 Å². The highest BCUT2D eigenvalue weighted by atomic mass is 16.1. The van der Waals surface area contributed by atoms with Crippen molar-refractivity contribution in [3.63, 3.8) is 0 Å². The Labute approximate surface area is 115 Å². The first-order chi connectivity index (χ1) is 9.06. The summed E-state index contributed by atoms with van der Waals surface area (Å²) >= 11 is 0. The number of hydrogen-bond acceptors (Lipinski definition) is 2. The van der Waals surface area contributed by atoms with Crippen molar-refractivity contribution in [2.75, 3.05) is 5.32 Å². The Hall–Kier alpha value is -1.51. The van der Waals surface area contributed by atoms with Gasteiger partial charge in [-0.05, 0) is 42.4 Å². The van der Waals surface area contributed by atoms with Crippen LogP contribution in [0, 0.1) is 11.8 Å². The number of carbonyl (C=O) groups is 1. The lowest BCUT2D eigenvalue weighted by molar-refractivity contribution is -0.117. The minimum absolute atomic E-state index is 0.282. The Morgan fingerprint density at radius 1 is 1.21 bits per heavy atom. The molecule has 0 saturated heterocycles. The maximum Gasteiger partial charge on any atom is 0.221 e. The van der Waals surface area contributed by atoms with Crippen molar-refractivity contribution in [3.05, 3.63) is 29.8 Å². The molecule has 0 radical (unpaired) electrons. The fourth-order valence-electron chi connectivity index (χ4n) is 3.08. The van der Waals surface area contributed by atoms with Gasteiger partial charge in [0.2, 0.25) is 5.91 Å². The molecule has 0 aromatic heterocycles. The van der Waals surface area contributed by atoms with Crippen LogP contribution in [0.1, 0.15) is 38.7 Å². The van der Waals surface area contributed by atoms with Gasteiger partial charge in [0.25, 0.3) is 0 Å². The minimum Gasteiger partial charge on any atom is -0.382 e. The number of primary amides is 1. The lowest BCUT2D eigenvalue weighted by Crippen LogP contribution is -2.37. The molecule has 2 atom stereocenters. The molecule has 2 unspecified atom stereocenters. The van der Waals surface area contributed by atoms with E-state index in [-0.39, 0.29) is 5.91 Å². The van der Waals surface area contributed by atoms with E-state index in [1.54, 1.807) is 0 Å². The first kappa shape index (κ1) is 13.9. The Balaban J connectivity index is 2.00. The lowest BCUT2D eigenvalue weighted by Gasteiger charge is -2.36. The van der Waals surface area contributed by atoms with Crippen LogP contribution in [0.4, 0.5) is 5.69 Å². The highest BCUT2D eigenvalue weighted by Crippen LogP contribution is 2.31. The zero-order chi connectivity index (χ0) is 13.8. The molecule has 1 aliphatic carbocycles. The largest absolute Gasteiger partial charge is 0.382 e.